The summed E-state index contributed by atoms with van der Waals surface area (Å²) >= 11 is 0. The number of piperidine rings is 1. The Morgan fingerprint density at radius 3 is 2.19 bits per heavy atom. The first-order valence-corrected chi connectivity index (χ1v) is 9.39. The zero-order valence-electron chi connectivity index (χ0n) is 16.2. The van der Waals surface area contributed by atoms with E-state index in [2.05, 4.69) is 33.0 Å². The molecule has 0 saturated carbocycles. The van der Waals surface area contributed by atoms with Crippen molar-refractivity contribution in [3.8, 4) is 11.5 Å². The molecule has 2 aromatic carbocycles. The summed E-state index contributed by atoms with van der Waals surface area (Å²) in [5.74, 6) is 1.92. The van der Waals surface area contributed by atoms with E-state index in [1.165, 1.54) is 0 Å². The van der Waals surface area contributed by atoms with Crippen molar-refractivity contribution in [2.75, 3.05) is 0 Å². The molecule has 1 aliphatic rings. The van der Waals surface area contributed by atoms with Crippen molar-refractivity contribution < 1.29 is 9.53 Å². The fourth-order valence-corrected chi connectivity index (χ4v) is 4.45. The van der Waals surface area contributed by atoms with Gasteiger partial charge >= 0.3 is 0 Å². The Labute approximate surface area is 156 Å². The third-order valence-corrected chi connectivity index (χ3v) is 4.91. The summed E-state index contributed by atoms with van der Waals surface area (Å²) in [5.41, 5.74) is 0.768. The maximum Gasteiger partial charge on any atom is 0.166 e. The van der Waals surface area contributed by atoms with E-state index < -0.39 is 0 Å². The third kappa shape index (κ3) is 4.73. The van der Waals surface area contributed by atoms with Crippen LogP contribution in [0.15, 0.2) is 54.6 Å². The van der Waals surface area contributed by atoms with Gasteiger partial charge in [-0.2, -0.15) is 0 Å². The number of hydrogen-bond donors (Lipinski definition) is 1. The van der Waals surface area contributed by atoms with Crippen LogP contribution in [0.25, 0.3) is 0 Å². The molecule has 1 saturated heterocycles. The van der Waals surface area contributed by atoms with E-state index in [4.69, 9.17) is 4.74 Å². The summed E-state index contributed by atoms with van der Waals surface area (Å²) in [5, 5.41) is 3.68. The number of ether oxygens (including phenoxy) is 1. The van der Waals surface area contributed by atoms with Gasteiger partial charge in [-0.05, 0) is 70.7 Å². The van der Waals surface area contributed by atoms with E-state index in [1.807, 2.05) is 54.6 Å². The Kier molecular flexibility index (Phi) is 5.19. The van der Waals surface area contributed by atoms with Crippen LogP contribution in [-0.4, -0.2) is 16.9 Å². The second kappa shape index (κ2) is 7.24. The molecule has 0 aliphatic carbocycles. The minimum Gasteiger partial charge on any atom is -0.457 e. The van der Waals surface area contributed by atoms with Gasteiger partial charge in [0.25, 0.3) is 0 Å². The predicted molar refractivity (Wildman–Crippen MR) is 106 cm³/mol. The Hall–Kier alpha value is -2.13. The highest BCUT2D eigenvalue weighted by molar-refractivity contribution is 5.98. The van der Waals surface area contributed by atoms with Gasteiger partial charge in [0.2, 0.25) is 0 Å². The number of carbonyl (C=O) groups is 1. The summed E-state index contributed by atoms with van der Waals surface area (Å²) in [4.78, 5) is 13.0. The summed E-state index contributed by atoms with van der Waals surface area (Å²) < 4.78 is 5.97. The Morgan fingerprint density at radius 2 is 1.54 bits per heavy atom. The van der Waals surface area contributed by atoms with Gasteiger partial charge in [0, 0.05) is 17.5 Å². The van der Waals surface area contributed by atoms with Crippen molar-refractivity contribution in [2.45, 2.75) is 58.0 Å². The van der Waals surface area contributed by atoms with Gasteiger partial charge in [-0.25, -0.2) is 0 Å². The van der Waals surface area contributed by atoms with Crippen LogP contribution >= 0.6 is 0 Å². The molecule has 1 aliphatic heterocycles. The normalized spacial score (nSPS) is 19.1. The van der Waals surface area contributed by atoms with Crippen molar-refractivity contribution in [3.63, 3.8) is 0 Å². The fourth-order valence-electron chi connectivity index (χ4n) is 4.45. The number of hydrogen-bond acceptors (Lipinski definition) is 3. The molecule has 3 rings (SSSR count). The molecular weight excluding hydrogens is 322 g/mol. The molecule has 3 nitrogen and oxygen atoms in total. The van der Waals surface area contributed by atoms with Crippen LogP contribution in [0.5, 0.6) is 11.5 Å². The Bertz CT molecular complexity index is 749. The molecule has 1 N–H and O–H groups in total. The molecule has 0 aromatic heterocycles. The highest BCUT2D eigenvalue weighted by atomic mass is 16.5. The van der Waals surface area contributed by atoms with Crippen molar-refractivity contribution in [1.29, 1.82) is 0 Å². The second-order valence-corrected chi connectivity index (χ2v) is 8.71. The lowest BCUT2D eigenvalue weighted by molar-refractivity contribution is 0.0862. The SMILES string of the molecule is CC1(C)CC(CC(=O)c2ccccc2Oc2ccccc2)CC(C)(C)N1. The monoisotopic (exact) mass is 351 g/mol. The van der Waals surface area contributed by atoms with Crippen molar-refractivity contribution >= 4 is 5.78 Å². The number of carbonyl (C=O) groups excluding carboxylic acids is 1. The smallest absolute Gasteiger partial charge is 0.166 e. The molecule has 1 fully saturated rings. The van der Waals surface area contributed by atoms with Gasteiger partial charge in [-0.1, -0.05) is 30.3 Å². The van der Waals surface area contributed by atoms with Crippen LogP contribution in [0.2, 0.25) is 0 Å². The fraction of sp³-hybridized carbons (Fsp3) is 0.435. The van der Waals surface area contributed by atoms with Crippen molar-refractivity contribution in [1.82, 2.24) is 5.32 Å². The lowest BCUT2D eigenvalue weighted by Gasteiger charge is -2.46. The molecule has 2 aromatic rings. The van der Waals surface area contributed by atoms with Gasteiger partial charge in [-0.15, -0.1) is 0 Å². The third-order valence-electron chi connectivity index (χ3n) is 4.91. The van der Waals surface area contributed by atoms with Gasteiger partial charge < -0.3 is 10.1 Å². The maximum atomic E-state index is 13.0. The van der Waals surface area contributed by atoms with E-state index in [0.717, 1.165) is 18.6 Å². The summed E-state index contributed by atoms with van der Waals surface area (Å²) in [6, 6.07) is 17.2. The standard InChI is InChI=1S/C23H29NO2/c1-22(2)15-17(16-23(3,4)24-22)14-20(25)19-12-8-9-13-21(19)26-18-10-6-5-7-11-18/h5-13,17,24H,14-16H2,1-4H3. The van der Waals surface area contributed by atoms with E-state index in [-0.39, 0.29) is 16.9 Å². The lowest BCUT2D eigenvalue weighted by atomic mass is 9.74. The zero-order valence-corrected chi connectivity index (χ0v) is 16.2. The molecule has 0 unspecified atom stereocenters. The van der Waals surface area contributed by atoms with Crippen LogP contribution < -0.4 is 10.1 Å². The molecule has 3 heteroatoms. The summed E-state index contributed by atoms with van der Waals surface area (Å²) in [6.07, 6.45) is 2.57. The maximum absolute atomic E-state index is 13.0. The number of Topliss-reactive ketones (excluding diaryl/α,β-unsaturated/α-hetero) is 1. The summed E-state index contributed by atoms with van der Waals surface area (Å²) in [6.45, 7) is 8.88. The van der Waals surface area contributed by atoms with Gasteiger partial charge in [0.05, 0.1) is 5.56 Å². The van der Waals surface area contributed by atoms with E-state index in [1.54, 1.807) is 0 Å². The van der Waals surface area contributed by atoms with Crippen LogP contribution in [-0.2, 0) is 0 Å². The Balaban J connectivity index is 1.76. The molecule has 0 spiro atoms. The molecule has 1 heterocycles. The van der Waals surface area contributed by atoms with Crippen LogP contribution in [0, 0.1) is 5.92 Å². The second-order valence-electron chi connectivity index (χ2n) is 8.71. The van der Waals surface area contributed by atoms with Crippen molar-refractivity contribution in [3.05, 3.63) is 60.2 Å². The molecule has 0 radical (unpaired) electrons. The zero-order chi connectivity index (χ0) is 18.8. The molecule has 138 valence electrons. The first-order valence-electron chi connectivity index (χ1n) is 9.39. The number of para-hydroxylation sites is 2. The van der Waals surface area contributed by atoms with E-state index in [0.29, 0.717) is 23.7 Å². The molecule has 26 heavy (non-hydrogen) atoms. The molecular formula is C23H29NO2. The van der Waals surface area contributed by atoms with E-state index in [9.17, 15) is 4.79 Å². The highest BCUT2D eigenvalue weighted by Crippen LogP contribution is 2.36. The minimum atomic E-state index is 0.0484. The molecule has 0 atom stereocenters. The van der Waals surface area contributed by atoms with Gasteiger partial charge in [0.15, 0.2) is 5.78 Å². The first kappa shape index (κ1) is 18.7. The number of benzene rings is 2. The molecule has 0 amide bonds. The lowest BCUT2D eigenvalue weighted by Crippen LogP contribution is -2.57. The van der Waals surface area contributed by atoms with Crippen LogP contribution in [0.3, 0.4) is 0 Å². The van der Waals surface area contributed by atoms with E-state index >= 15 is 0 Å². The average Bonchev–Trinajstić information content (AvgIpc) is 2.53. The van der Waals surface area contributed by atoms with Gasteiger partial charge in [-0.3, -0.25) is 4.79 Å². The Morgan fingerprint density at radius 1 is 0.962 bits per heavy atom. The summed E-state index contributed by atoms with van der Waals surface area (Å²) in [7, 11) is 0. The van der Waals surface area contributed by atoms with Crippen LogP contribution in [0.1, 0.15) is 57.3 Å². The topological polar surface area (TPSA) is 38.3 Å². The number of ketones is 1. The number of rotatable bonds is 5. The first-order chi connectivity index (χ1) is 12.2. The quantitative estimate of drug-likeness (QED) is 0.712. The predicted octanol–water partition coefficient (Wildman–Crippen LogP) is 5.61. The largest absolute Gasteiger partial charge is 0.457 e. The average molecular weight is 351 g/mol. The van der Waals surface area contributed by atoms with Crippen LogP contribution in [0.4, 0.5) is 0 Å². The van der Waals surface area contributed by atoms with Gasteiger partial charge in [0.1, 0.15) is 11.5 Å². The number of nitrogens with one attached hydrogen (secondary N) is 1. The molecule has 0 bridgehead atoms. The minimum absolute atomic E-state index is 0.0484. The highest BCUT2D eigenvalue weighted by Gasteiger charge is 2.38. The van der Waals surface area contributed by atoms with Crippen molar-refractivity contribution in [2.24, 2.45) is 5.92 Å².